The Bertz CT molecular complexity index is 1300. The van der Waals surface area contributed by atoms with Gasteiger partial charge in [-0.3, -0.25) is 14.3 Å². The molecule has 1 aliphatic heterocycles. The van der Waals surface area contributed by atoms with Crippen molar-refractivity contribution in [1.29, 1.82) is 0 Å². The number of pyridine rings is 1. The number of rotatable bonds is 6. The van der Waals surface area contributed by atoms with Crippen molar-refractivity contribution in [2.45, 2.75) is 17.3 Å². The number of amides is 1. The molecule has 0 radical (unpaired) electrons. The van der Waals surface area contributed by atoms with Crippen LogP contribution in [0.3, 0.4) is 0 Å². The van der Waals surface area contributed by atoms with Gasteiger partial charge in [0.25, 0.3) is 0 Å². The molecule has 1 atom stereocenters. The number of thioether (sulfide) groups is 1. The van der Waals surface area contributed by atoms with Crippen LogP contribution in [0.15, 0.2) is 72.1 Å². The molecule has 10 heteroatoms. The Hall–Kier alpha value is -3.92. The quantitative estimate of drug-likeness (QED) is 0.426. The maximum Gasteiger partial charge on any atom is 0.237 e. The molecule has 5 rings (SSSR count). The van der Waals surface area contributed by atoms with Crippen LogP contribution in [0.25, 0.3) is 17.1 Å². The number of halogens is 1. The molecule has 2 aromatic carbocycles. The lowest BCUT2D eigenvalue weighted by Crippen LogP contribution is -2.22. The van der Waals surface area contributed by atoms with Crippen LogP contribution in [0.5, 0.6) is 11.5 Å². The van der Waals surface area contributed by atoms with Gasteiger partial charge < -0.3 is 14.8 Å². The molecule has 2 aromatic heterocycles. The molecule has 0 bridgehead atoms. The molecule has 0 aliphatic carbocycles. The van der Waals surface area contributed by atoms with Crippen LogP contribution in [-0.2, 0) is 4.79 Å². The van der Waals surface area contributed by atoms with Gasteiger partial charge >= 0.3 is 0 Å². The van der Waals surface area contributed by atoms with Crippen LogP contribution in [-0.4, -0.2) is 37.7 Å². The topological polar surface area (TPSA) is 91.2 Å². The van der Waals surface area contributed by atoms with Crippen molar-refractivity contribution in [3.05, 3.63) is 72.8 Å². The van der Waals surface area contributed by atoms with Crippen molar-refractivity contribution >= 4 is 23.4 Å². The molecule has 166 valence electrons. The first kappa shape index (κ1) is 21.0. The van der Waals surface area contributed by atoms with Crippen molar-refractivity contribution in [2.24, 2.45) is 0 Å². The molecule has 0 saturated heterocycles. The number of nitrogens with one attached hydrogen (secondary N) is 1. The number of aromatic nitrogens is 4. The summed E-state index contributed by atoms with van der Waals surface area (Å²) >= 11 is 1.25. The highest BCUT2D eigenvalue weighted by atomic mass is 32.2. The second-order valence-corrected chi connectivity index (χ2v) is 8.48. The summed E-state index contributed by atoms with van der Waals surface area (Å²) in [5, 5.41) is 11.5. The normalized spacial score (nSPS) is 13.0. The van der Waals surface area contributed by atoms with E-state index >= 15 is 0 Å². The molecule has 1 amide bonds. The van der Waals surface area contributed by atoms with Crippen LogP contribution in [0.2, 0.25) is 0 Å². The van der Waals surface area contributed by atoms with Gasteiger partial charge in [0.15, 0.2) is 22.5 Å². The summed E-state index contributed by atoms with van der Waals surface area (Å²) in [4.78, 5) is 16.9. The molecule has 4 aromatic rings. The monoisotopic (exact) mass is 463 g/mol. The summed E-state index contributed by atoms with van der Waals surface area (Å²) in [5.41, 5.74) is 2.08. The van der Waals surface area contributed by atoms with E-state index in [1.165, 1.54) is 23.9 Å². The second kappa shape index (κ2) is 8.91. The smallest absolute Gasteiger partial charge is 0.237 e. The highest BCUT2D eigenvalue weighted by molar-refractivity contribution is 8.00. The number of anilines is 1. The Morgan fingerprint density at radius 2 is 1.82 bits per heavy atom. The predicted octanol–water partition coefficient (Wildman–Crippen LogP) is 4.32. The lowest BCUT2D eigenvalue weighted by molar-refractivity contribution is -0.115. The van der Waals surface area contributed by atoms with Crippen molar-refractivity contribution in [3.63, 3.8) is 0 Å². The van der Waals surface area contributed by atoms with Crippen LogP contribution < -0.4 is 14.8 Å². The van der Waals surface area contributed by atoms with E-state index in [-0.39, 0.29) is 18.5 Å². The van der Waals surface area contributed by atoms with Crippen LogP contribution in [0, 0.1) is 5.82 Å². The van der Waals surface area contributed by atoms with E-state index in [1.54, 1.807) is 54.2 Å². The van der Waals surface area contributed by atoms with E-state index in [1.807, 2.05) is 12.1 Å². The Labute approximate surface area is 192 Å². The van der Waals surface area contributed by atoms with Crippen LogP contribution in [0.1, 0.15) is 6.92 Å². The molecule has 0 fully saturated rings. The number of benzene rings is 2. The largest absolute Gasteiger partial charge is 0.454 e. The SMILES string of the molecule is C[C@H](Sc1nnc(-c2ccncc2)n1-c1ccc(F)cc1)C(=O)Nc1ccc2c(c1)OCO2. The lowest BCUT2D eigenvalue weighted by Gasteiger charge is -2.14. The summed E-state index contributed by atoms with van der Waals surface area (Å²) in [5.74, 6) is 1.24. The summed E-state index contributed by atoms with van der Waals surface area (Å²) in [6.07, 6.45) is 3.32. The third kappa shape index (κ3) is 4.37. The molecule has 3 heterocycles. The van der Waals surface area contributed by atoms with Gasteiger partial charge in [0.2, 0.25) is 12.7 Å². The highest BCUT2D eigenvalue weighted by Gasteiger charge is 2.23. The van der Waals surface area contributed by atoms with Crippen molar-refractivity contribution in [2.75, 3.05) is 12.1 Å². The molecule has 0 saturated carbocycles. The average molecular weight is 463 g/mol. The minimum Gasteiger partial charge on any atom is -0.454 e. The summed E-state index contributed by atoms with van der Waals surface area (Å²) in [6, 6.07) is 14.9. The van der Waals surface area contributed by atoms with E-state index in [2.05, 4.69) is 20.5 Å². The molecule has 1 aliphatic rings. The second-order valence-electron chi connectivity index (χ2n) is 7.17. The number of fused-ring (bicyclic) bond motifs is 1. The first-order valence-electron chi connectivity index (χ1n) is 10.1. The number of nitrogens with zero attached hydrogens (tertiary/aromatic N) is 4. The molecular formula is C23H18FN5O3S. The minimum atomic E-state index is -0.496. The number of carbonyl (C=O) groups excluding carboxylic acids is 1. The van der Waals surface area contributed by atoms with Gasteiger partial charge in [-0.25, -0.2) is 4.39 Å². The molecule has 0 unspecified atom stereocenters. The van der Waals surface area contributed by atoms with Crippen molar-refractivity contribution in [1.82, 2.24) is 19.7 Å². The van der Waals surface area contributed by atoms with Gasteiger partial charge in [-0.05, 0) is 55.5 Å². The average Bonchev–Trinajstić information content (AvgIpc) is 3.47. The molecule has 33 heavy (non-hydrogen) atoms. The third-order valence-electron chi connectivity index (χ3n) is 4.95. The van der Waals surface area contributed by atoms with E-state index in [0.29, 0.717) is 33.9 Å². The van der Waals surface area contributed by atoms with Gasteiger partial charge in [0.1, 0.15) is 5.82 Å². The number of ether oxygens (including phenoxy) is 2. The van der Waals surface area contributed by atoms with Gasteiger partial charge in [0, 0.05) is 35.4 Å². The zero-order chi connectivity index (χ0) is 22.8. The molecule has 1 N–H and O–H groups in total. The summed E-state index contributed by atoms with van der Waals surface area (Å²) in [7, 11) is 0. The maximum atomic E-state index is 13.5. The first-order valence-corrected chi connectivity index (χ1v) is 11.0. The van der Waals surface area contributed by atoms with E-state index in [4.69, 9.17) is 9.47 Å². The highest BCUT2D eigenvalue weighted by Crippen LogP contribution is 2.35. The lowest BCUT2D eigenvalue weighted by atomic mass is 10.2. The van der Waals surface area contributed by atoms with Gasteiger partial charge in [-0.15, -0.1) is 10.2 Å². The van der Waals surface area contributed by atoms with Gasteiger partial charge in [-0.2, -0.15) is 0 Å². The Morgan fingerprint density at radius 1 is 1.06 bits per heavy atom. The van der Waals surface area contributed by atoms with E-state index in [9.17, 15) is 9.18 Å². The van der Waals surface area contributed by atoms with Crippen molar-refractivity contribution in [3.8, 4) is 28.6 Å². The fourth-order valence-corrected chi connectivity index (χ4v) is 4.15. The summed E-state index contributed by atoms with van der Waals surface area (Å²) in [6.45, 7) is 1.95. The number of hydrogen-bond donors (Lipinski definition) is 1. The van der Waals surface area contributed by atoms with E-state index < -0.39 is 5.25 Å². The minimum absolute atomic E-state index is 0.165. The zero-order valence-corrected chi connectivity index (χ0v) is 18.3. The Morgan fingerprint density at radius 3 is 2.61 bits per heavy atom. The molecule has 8 nitrogen and oxygen atoms in total. The van der Waals surface area contributed by atoms with Crippen molar-refractivity contribution < 1.29 is 18.7 Å². The van der Waals surface area contributed by atoms with Crippen LogP contribution in [0.4, 0.5) is 10.1 Å². The Balaban J connectivity index is 1.41. The maximum absolute atomic E-state index is 13.5. The standard InChI is InChI=1S/C23H18FN5O3S/c1-14(22(30)26-17-4-7-19-20(12-17)32-13-31-19)33-23-28-27-21(15-8-10-25-11-9-15)29(23)18-5-2-16(24)3-6-18/h2-12,14H,13H2,1H3,(H,26,30)/t14-/m0/s1. The number of carbonyl (C=O) groups is 1. The molecular weight excluding hydrogens is 445 g/mol. The molecule has 0 spiro atoms. The fourth-order valence-electron chi connectivity index (χ4n) is 3.29. The fraction of sp³-hybridized carbons (Fsp3) is 0.130. The van der Waals surface area contributed by atoms with Gasteiger partial charge in [-0.1, -0.05) is 11.8 Å². The van der Waals surface area contributed by atoms with E-state index in [0.717, 1.165) is 5.56 Å². The Kier molecular flexibility index (Phi) is 5.66. The third-order valence-corrected chi connectivity index (χ3v) is 5.99. The summed E-state index contributed by atoms with van der Waals surface area (Å²) < 4.78 is 26.0. The van der Waals surface area contributed by atoms with Gasteiger partial charge in [0.05, 0.1) is 5.25 Å². The number of hydrogen-bond acceptors (Lipinski definition) is 7. The zero-order valence-electron chi connectivity index (χ0n) is 17.4. The predicted molar refractivity (Wildman–Crippen MR) is 121 cm³/mol. The first-order chi connectivity index (χ1) is 16.1. The van der Waals surface area contributed by atoms with Crippen LogP contribution >= 0.6 is 11.8 Å².